The van der Waals surface area contributed by atoms with E-state index in [2.05, 4.69) is 6.92 Å². The molecule has 0 aliphatic heterocycles. The molecule has 8 nitrogen and oxygen atoms in total. The van der Waals surface area contributed by atoms with Crippen molar-refractivity contribution < 1.29 is 38.5 Å². The molecular formula is C38H68O8. The van der Waals surface area contributed by atoms with Gasteiger partial charge in [-0.05, 0) is 32.1 Å². The maximum atomic E-state index is 12.6. The molecule has 0 aliphatic carbocycles. The second-order valence-corrected chi connectivity index (χ2v) is 13.1. The van der Waals surface area contributed by atoms with E-state index in [0.717, 1.165) is 77.0 Å². The second-order valence-electron chi connectivity index (χ2n) is 13.1. The van der Waals surface area contributed by atoms with Gasteiger partial charge in [0, 0.05) is 32.3 Å². The Kier molecular flexibility index (Phi) is 28.4. The smallest absolute Gasteiger partial charge is 0.333 e. The van der Waals surface area contributed by atoms with Crippen LogP contribution in [0.4, 0.5) is 0 Å². The van der Waals surface area contributed by atoms with Gasteiger partial charge in [-0.3, -0.25) is 14.4 Å². The Morgan fingerprint density at radius 3 is 1.46 bits per heavy atom. The first-order chi connectivity index (χ1) is 22.2. The number of aliphatic carboxylic acids is 1. The van der Waals surface area contributed by atoms with Crippen LogP contribution in [0.3, 0.4) is 0 Å². The lowest BCUT2D eigenvalue weighted by atomic mass is 9.90. The van der Waals surface area contributed by atoms with Crippen LogP contribution in [0, 0.1) is 0 Å². The summed E-state index contributed by atoms with van der Waals surface area (Å²) in [6.45, 7) is 4.90. The van der Waals surface area contributed by atoms with E-state index in [4.69, 9.17) is 19.3 Å². The zero-order valence-electron chi connectivity index (χ0n) is 30.0. The molecular weight excluding hydrogens is 584 g/mol. The van der Waals surface area contributed by atoms with Gasteiger partial charge in [0.1, 0.15) is 12.2 Å². The molecule has 1 N–H and O–H groups in total. The van der Waals surface area contributed by atoms with Gasteiger partial charge in [-0.25, -0.2) is 4.79 Å². The summed E-state index contributed by atoms with van der Waals surface area (Å²) in [4.78, 5) is 47.1. The van der Waals surface area contributed by atoms with Crippen LogP contribution in [-0.4, -0.2) is 48.3 Å². The van der Waals surface area contributed by atoms with Crippen LogP contribution in [-0.2, 0) is 33.4 Å². The Morgan fingerprint density at radius 1 is 0.609 bits per heavy atom. The lowest BCUT2D eigenvalue weighted by molar-refractivity contribution is -0.171. The van der Waals surface area contributed by atoms with Crippen LogP contribution in [0.1, 0.15) is 188 Å². The summed E-state index contributed by atoms with van der Waals surface area (Å²) in [5, 5.41) is 8.73. The molecule has 0 fully saturated rings. The number of hydrogen-bond acceptors (Lipinski definition) is 7. The molecule has 0 bridgehead atoms. The molecule has 0 heterocycles. The lowest BCUT2D eigenvalue weighted by Gasteiger charge is -2.32. The van der Waals surface area contributed by atoms with E-state index in [0.29, 0.717) is 18.4 Å². The number of methoxy groups -OCH3 is 1. The molecule has 0 aromatic rings. The predicted molar refractivity (Wildman–Crippen MR) is 185 cm³/mol. The van der Waals surface area contributed by atoms with Gasteiger partial charge in [0.15, 0.2) is 0 Å². The van der Waals surface area contributed by atoms with Crippen molar-refractivity contribution in [2.24, 2.45) is 0 Å². The zero-order chi connectivity index (χ0) is 34.3. The first kappa shape index (κ1) is 43.6. The second kappa shape index (κ2) is 30.0. The number of ether oxygens (including phenoxy) is 3. The first-order valence-corrected chi connectivity index (χ1v) is 18.5. The number of hydrogen-bond donors (Lipinski definition) is 1. The fraction of sp³-hybridized carbons (Fsp3) is 0.842. The molecule has 8 heteroatoms. The fourth-order valence-corrected chi connectivity index (χ4v) is 5.92. The molecule has 0 saturated heterocycles. The van der Waals surface area contributed by atoms with Gasteiger partial charge in [0.05, 0.1) is 7.11 Å². The van der Waals surface area contributed by atoms with Crippen LogP contribution in [0.15, 0.2) is 11.6 Å². The van der Waals surface area contributed by atoms with E-state index in [1.54, 1.807) is 0 Å². The summed E-state index contributed by atoms with van der Waals surface area (Å²) in [6, 6.07) is 0. The van der Waals surface area contributed by atoms with Gasteiger partial charge < -0.3 is 19.3 Å². The Hall–Kier alpha value is -2.38. The minimum atomic E-state index is -1.03. The predicted octanol–water partition coefficient (Wildman–Crippen LogP) is 10.2. The summed E-state index contributed by atoms with van der Waals surface area (Å²) >= 11 is 0. The van der Waals surface area contributed by atoms with Crippen LogP contribution in [0.2, 0.25) is 0 Å². The molecule has 0 saturated carbocycles. The fourth-order valence-electron chi connectivity index (χ4n) is 5.92. The van der Waals surface area contributed by atoms with Gasteiger partial charge in [0.2, 0.25) is 0 Å². The van der Waals surface area contributed by atoms with Crippen LogP contribution >= 0.6 is 0 Å². The summed E-state index contributed by atoms with van der Waals surface area (Å²) in [5.41, 5.74) is -0.454. The summed E-state index contributed by atoms with van der Waals surface area (Å²) in [6.07, 6.45) is 28.6. The molecule has 0 spiro atoms. The highest BCUT2D eigenvalue weighted by atomic mass is 16.6. The highest BCUT2D eigenvalue weighted by Gasteiger charge is 2.34. The third kappa shape index (κ3) is 26.8. The average Bonchev–Trinajstić information content (AvgIpc) is 3.01. The molecule has 0 aromatic carbocycles. The number of carbonyl (C=O) groups excluding carboxylic acids is 3. The minimum absolute atomic E-state index is 0.0536. The normalized spacial score (nSPS) is 12.8. The Bertz CT molecular complexity index is 837. The maximum absolute atomic E-state index is 12.6. The monoisotopic (exact) mass is 652 g/mol. The van der Waals surface area contributed by atoms with E-state index in [9.17, 15) is 19.2 Å². The van der Waals surface area contributed by atoms with E-state index in [1.807, 2.05) is 6.08 Å². The third-order valence-corrected chi connectivity index (χ3v) is 8.64. The van der Waals surface area contributed by atoms with Crippen LogP contribution in [0.5, 0.6) is 0 Å². The van der Waals surface area contributed by atoms with Gasteiger partial charge >= 0.3 is 23.9 Å². The Labute approximate surface area is 280 Å². The summed E-state index contributed by atoms with van der Waals surface area (Å²) in [5.74, 6) is -1.99. The molecule has 268 valence electrons. The highest BCUT2D eigenvalue weighted by molar-refractivity contribution is 5.88. The average molecular weight is 653 g/mol. The van der Waals surface area contributed by atoms with E-state index in [1.165, 1.54) is 85.2 Å². The van der Waals surface area contributed by atoms with E-state index in [-0.39, 0.29) is 25.4 Å². The van der Waals surface area contributed by atoms with Crippen LogP contribution < -0.4 is 0 Å². The SMILES string of the molecule is CCCCCCCCCCCCCCC/C(=C\CC(CCCCCCCCCCCC(=O)O)(COC(C)=O)OC(C)=O)C(=O)OC. The van der Waals surface area contributed by atoms with Crippen molar-refractivity contribution in [2.75, 3.05) is 13.7 Å². The number of carboxylic acids is 1. The molecule has 0 aliphatic rings. The minimum Gasteiger partial charge on any atom is -0.481 e. The lowest BCUT2D eigenvalue weighted by Crippen LogP contribution is -2.40. The highest BCUT2D eigenvalue weighted by Crippen LogP contribution is 2.28. The standard InChI is InChI=1S/C38H68O8/c1-5-6-7-8-9-10-11-12-13-15-18-21-24-27-35(37(43)44-4)29-31-38(46-34(3)40,32-45-33(2)39)30-26-23-20-17-14-16-19-22-25-28-36(41)42/h29H,5-28,30-32H2,1-4H3,(H,41,42)/b35-29+. The van der Waals surface area contributed by atoms with Crippen LogP contribution in [0.25, 0.3) is 0 Å². The quantitative estimate of drug-likeness (QED) is 0.0330. The van der Waals surface area contributed by atoms with Crippen molar-refractivity contribution in [3.63, 3.8) is 0 Å². The van der Waals surface area contributed by atoms with Gasteiger partial charge in [-0.1, -0.05) is 135 Å². The van der Waals surface area contributed by atoms with Gasteiger partial charge in [-0.15, -0.1) is 0 Å². The molecule has 0 amide bonds. The van der Waals surface area contributed by atoms with E-state index >= 15 is 0 Å². The largest absolute Gasteiger partial charge is 0.481 e. The molecule has 0 radical (unpaired) electrons. The zero-order valence-corrected chi connectivity index (χ0v) is 30.0. The van der Waals surface area contributed by atoms with E-state index < -0.39 is 23.5 Å². The number of unbranched alkanes of at least 4 members (excludes halogenated alkanes) is 20. The van der Waals surface area contributed by atoms with Crippen molar-refractivity contribution in [3.8, 4) is 0 Å². The molecule has 0 rings (SSSR count). The van der Waals surface area contributed by atoms with Crippen molar-refractivity contribution >= 4 is 23.9 Å². The van der Waals surface area contributed by atoms with Gasteiger partial charge in [-0.2, -0.15) is 0 Å². The first-order valence-electron chi connectivity index (χ1n) is 18.5. The molecule has 0 aromatic heterocycles. The van der Waals surface area contributed by atoms with Gasteiger partial charge in [0.25, 0.3) is 0 Å². The number of carboxylic acid groups (broad SMARTS) is 1. The Balaban J connectivity index is 4.81. The third-order valence-electron chi connectivity index (χ3n) is 8.64. The number of rotatable bonds is 32. The number of esters is 3. The van der Waals surface area contributed by atoms with Crippen molar-refractivity contribution in [1.82, 2.24) is 0 Å². The molecule has 1 unspecified atom stereocenters. The number of carbonyl (C=O) groups is 4. The molecule has 46 heavy (non-hydrogen) atoms. The maximum Gasteiger partial charge on any atom is 0.333 e. The Morgan fingerprint density at radius 2 is 1.04 bits per heavy atom. The molecule has 1 atom stereocenters. The van der Waals surface area contributed by atoms with Crippen molar-refractivity contribution in [3.05, 3.63) is 11.6 Å². The topological polar surface area (TPSA) is 116 Å². The van der Waals surface area contributed by atoms with Crippen molar-refractivity contribution in [1.29, 1.82) is 0 Å². The summed E-state index contributed by atoms with van der Waals surface area (Å²) < 4.78 is 16.3. The van der Waals surface area contributed by atoms with Crippen molar-refractivity contribution in [2.45, 2.75) is 193 Å². The summed E-state index contributed by atoms with van der Waals surface area (Å²) in [7, 11) is 1.38.